The molecule has 1 aromatic rings. The highest BCUT2D eigenvalue weighted by Gasteiger charge is 2.20. The van der Waals surface area contributed by atoms with Gasteiger partial charge in [0.25, 0.3) is 5.91 Å². The molecular weight excluding hydrogens is 235 g/mol. The molecule has 1 saturated carbocycles. The highest BCUT2D eigenvalue weighted by Crippen LogP contribution is 2.21. The van der Waals surface area contributed by atoms with Crippen molar-refractivity contribution in [3.8, 4) is 5.75 Å². The van der Waals surface area contributed by atoms with Crippen LogP contribution in [0.5, 0.6) is 5.75 Å². The second kappa shape index (κ2) is 5.82. The summed E-state index contributed by atoms with van der Waals surface area (Å²) in [5.41, 5.74) is 0.828. The summed E-state index contributed by atoms with van der Waals surface area (Å²) in [6.07, 6.45) is 2.38. The third-order valence-electron chi connectivity index (χ3n) is 2.75. The van der Waals surface area contributed by atoms with E-state index in [1.54, 1.807) is 6.07 Å². The Morgan fingerprint density at radius 2 is 2.22 bits per heavy atom. The molecule has 0 atom stereocenters. The molecule has 98 valence electrons. The number of amides is 1. The predicted octanol–water partition coefficient (Wildman–Crippen LogP) is 1.20. The molecule has 1 aliphatic carbocycles. The van der Waals surface area contributed by atoms with Crippen LogP contribution in [0.2, 0.25) is 0 Å². The van der Waals surface area contributed by atoms with Gasteiger partial charge in [0.2, 0.25) is 0 Å². The maximum atomic E-state index is 13.4. The normalized spacial score (nSPS) is 14.3. The maximum absolute atomic E-state index is 13.4. The number of carbonyl (C=O) groups excluding carboxylic acids is 1. The Kier molecular flexibility index (Phi) is 4.15. The van der Waals surface area contributed by atoms with Crippen molar-refractivity contribution in [2.24, 2.45) is 0 Å². The minimum Gasteiger partial charge on any atom is -0.484 e. The van der Waals surface area contributed by atoms with Crippen molar-refractivity contribution in [1.29, 1.82) is 0 Å². The van der Waals surface area contributed by atoms with Crippen molar-refractivity contribution in [2.75, 3.05) is 13.7 Å². The highest BCUT2D eigenvalue weighted by molar-refractivity contribution is 5.77. The summed E-state index contributed by atoms with van der Waals surface area (Å²) in [6.45, 7) is 0.522. The Bertz CT molecular complexity index is 433. The van der Waals surface area contributed by atoms with E-state index in [1.165, 1.54) is 32.0 Å². The maximum Gasteiger partial charge on any atom is 0.257 e. The van der Waals surface area contributed by atoms with Gasteiger partial charge in [0.15, 0.2) is 6.61 Å². The molecule has 1 aliphatic rings. The van der Waals surface area contributed by atoms with Gasteiger partial charge in [-0.05, 0) is 30.5 Å². The largest absolute Gasteiger partial charge is 0.484 e. The zero-order chi connectivity index (χ0) is 13.0. The molecule has 0 spiro atoms. The first-order chi connectivity index (χ1) is 8.67. The van der Waals surface area contributed by atoms with E-state index in [2.05, 4.69) is 10.6 Å². The first-order valence-electron chi connectivity index (χ1n) is 6.03. The number of ether oxygens (including phenoxy) is 1. The minimum absolute atomic E-state index is 0.102. The van der Waals surface area contributed by atoms with Crippen molar-refractivity contribution < 1.29 is 13.9 Å². The average Bonchev–Trinajstić information content (AvgIpc) is 3.17. The summed E-state index contributed by atoms with van der Waals surface area (Å²) in [4.78, 5) is 11.0. The Labute approximate surface area is 106 Å². The Morgan fingerprint density at radius 1 is 1.44 bits per heavy atom. The monoisotopic (exact) mass is 252 g/mol. The van der Waals surface area contributed by atoms with Gasteiger partial charge in [-0.25, -0.2) is 4.39 Å². The van der Waals surface area contributed by atoms with Crippen molar-refractivity contribution in [3.05, 3.63) is 29.6 Å². The minimum atomic E-state index is -0.350. The van der Waals surface area contributed by atoms with Gasteiger partial charge in [-0.15, -0.1) is 0 Å². The summed E-state index contributed by atoms with van der Waals surface area (Å²) in [5.74, 6) is -0.208. The number of benzene rings is 1. The van der Waals surface area contributed by atoms with Gasteiger partial charge in [0, 0.05) is 25.7 Å². The molecule has 18 heavy (non-hydrogen) atoms. The second-order valence-corrected chi connectivity index (χ2v) is 4.41. The summed E-state index contributed by atoms with van der Waals surface area (Å²) in [6, 6.07) is 5.08. The first kappa shape index (κ1) is 12.8. The van der Waals surface area contributed by atoms with Gasteiger partial charge in [0.05, 0.1) is 0 Å². The second-order valence-electron chi connectivity index (χ2n) is 4.41. The van der Waals surface area contributed by atoms with Crippen LogP contribution in [-0.2, 0) is 11.3 Å². The number of carbonyl (C=O) groups is 1. The lowest BCUT2D eigenvalue weighted by Gasteiger charge is -2.08. The average molecular weight is 252 g/mol. The fraction of sp³-hybridized carbons (Fsp3) is 0.462. The van der Waals surface area contributed by atoms with E-state index < -0.39 is 0 Å². The summed E-state index contributed by atoms with van der Waals surface area (Å²) in [5, 5.41) is 5.74. The van der Waals surface area contributed by atoms with Crippen LogP contribution in [-0.4, -0.2) is 25.6 Å². The van der Waals surface area contributed by atoms with Crippen LogP contribution < -0.4 is 15.4 Å². The van der Waals surface area contributed by atoms with Crippen LogP contribution >= 0.6 is 0 Å². The topological polar surface area (TPSA) is 50.4 Å². The molecule has 1 fully saturated rings. The SMILES string of the molecule is CNC(=O)COc1cc(F)cc(CNC2CC2)c1. The Balaban J connectivity index is 1.93. The van der Waals surface area contributed by atoms with Crippen molar-refractivity contribution in [1.82, 2.24) is 10.6 Å². The smallest absolute Gasteiger partial charge is 0.257 e. The molecule has 0 unspecified atom stereocenters. The number of likely N-dealkylation sites (N-methyl/N-ethyl adjacent to an activating group) is 1. The van der Waals surface area contributed by atoms with E-state index in [9.17, 15) is 9.18 Å². The van der Waals surface area contributed by atoms with E-state index in [4.69, 9.17) is 4.74 Å². The fourth-order valence-electron chi connectivity index (χ4n) is 1.58. The van der Waals surface area contributed by atoms with Crippen LogP contribution in [0.4, 0.5) is 4.39 Å². The molecule has 0 bridgehead atoms. The molecule has 0 aliphatic heterocycles. The summed E-state index contributed by atoms with van der Waals surface area (Å²) in [7, 11) is 1.53. The van der Waals surface area contributed by atoms with Crippen LogP contribution in [0.3, 0.4) is 0 Å². The molecule has 1 aromatic carbocycles. The van der Waals surface area contributed by atoms with E-state index >= 15 is 0 Å². The third kappa shape index (κ3) is 4.00. The van der Waals surface area contributed by atoms with Gasteiger partial charge in [-0.3, -0.25) is 4.79 Å². The Morgan fingerprint density at radius 3 is 2.89 bits per heavy atom. The van der Waals surface area contributed by atoms with Crippen LogP contribution in [0.1, 0.15) is 18.4 Å². The molecule has 0 radical (unpaired) electrons. The molecule has 0 aromatic heterocycles. The number of nitrogens with one attached hydrogen (secondary N) is 2. The predicted molar refractivity (Wildman–Crippen MR) is 65.8 cm³/mol. The molecule has 0 heterocycles. The van der Waals surface area contributed by atoms with Gasteiger partial charge in [0.1, 0.15) is 11.6 Å². The molecular formula is C13H17FN2O2. The van der Waals surface area contributed by atoms with Crippen molar-refractivity contribution in [3.63, 3.8) is 0 Å². The van der Waals surface area contributed by atoms with Gasteiger partial charge >= 0.3 is 0 Å². The van der Waals surface area contributed by atoms with E-state index in [-0.39, 0.29) is 18.3 Å². The van der Waals surface area contributed by atoms with E-state index in [0.717, 1.165) is 5.56 Å². The van der Waals surface area contributed by atoms with Crippen molar-refractivity contribution in [2.45, 2.75) is 25.4 Å². The van der Waals surface area contributed by atoms with Gasteiger partial charge in [-0.2, -0.15) is 0 Å². The lowest BCUT2D eigenvalue weighted by molar-refractivity contribution is -0.122. The van der Waals surface area contributed by atoms with Gasteiger partial charge in [-0.1, -0.05) is 0 Å². The van der Waals surface area contributed by atoms with E-state index in [1.807, 2.05) is 0 Å². The number of rotatable bonds is 6. The quantitative estimate of drug-likeness (QED) is 0.800. The molecule has 0 saturated heterocycles. The van der Waals surface area contributed by atoms with E-state index in [0.29, 0.717) is 18.3 Å². The zero-order valence-electron chi connectivity index (χ0n) is 10.3. The lowest BCUT2D eigenvalue weighted by atomic mass is 10.2. The first-order valence-corrected chi connectivity index (χ1v) is 6.03. The molecule has 5 heteroatoms. The zero-order valence-corrected chi connectivity index (χ0v) is 10.3. The summed E-state index contributed by atoms with van der Waals surface area (Å²) >= 11 is 0. The molecule has 2 rings (SSSR count). The molecule has 1 amide bonds. The fourth-order valence-corrected chi connectivity index (χ4v) is 1.58. The number of halogens is 1. The van der Waals surface area contributed by atoms with Crippen LogP contribution in [0.25, 0.3) is 0 Å². The van der Waals surface area contributed by atoms with Crippen molar-refractivity contribution >= 4 is 5.91 Å². The highest BCUT2D eigenvalue weighted by atomic mass is 19.1. The lowest BCUT2D eigenvalue weighted by Crippen LogP contribution is -2.24. The standard InChI is InChI=1S/C13H17FN2O2/c1-15-13(17)8-18-12-5-9(4-10(14)6-12)7-16-11-2-3-11/h4-6,11,16H,2-3,7-8H2,1H3,(H,15,17). The molecule has 2 N–H and O–H groups in total. The number of hydrogen-bond acceptors (Lipinski definition) is 3. The van der Waals surface area contributed by atoms with Crippen LogP contribution in [0.15, 0.2) is 18.2 Å². The van der Waals surface area contributed by atoms with Gasteiger partial charge < -0.3 is 15.4 Å². The number of hydrogen-bond donors (Lipinski definition) is 2. The third-order valence-corrected chi connectivity index (χ3v) is 2.75. The Hall–Kier alpha value is -1.62. The van der Waals surface area contributed by atoms with Crippen LogP contribution in [0, 0.1) is 5.82 Å². The summed E-state index contributed by atoms with van der Waals surface area (Å²) < 4.78 is 18.6. The molecule has 4 nitrogen and oxygen atoms in total.